The fourth-order valence-electron chi connectivity index (χ4n) is 4.06. The molecule has 2 aromatic rings. The van der Waals surface area contributed by atoms with Crippen LogP contribution in [0.4, 0.5) is 0 Å². The lowest BCUT2D eigenvalue weighted by molar-refractivity contribution is -0.121. The molecule has 25 heavy (non-hydrogen) atoms. The highest BCUT2D eigenvalue weighted by Crippen LogP contribution is 2.30. The maximum atomic E-state index is 12.6. The summed E-state index contributed by atoms with van der Waals surface area (Å²) in [6.45, 7) is 0.113. The topological polar surface area (TPSA) is 74.4 Å². The molecule has 5 nitrogen and oxygen atoms in total. The number of carbonyl (C=O) groups is 1. The Kier molecular flexibility index (Phi) is 5.97. The number of H-pyrrole nitrogens is 1. The van der Waals surface area contributed by atoms with Crippen molar-refractivity contribution in [3.05, 3.63) is 30.0 Å². The summed E-state index contributed by atoms with van der Waals surface area (Å²) in [5.41, 5.74) is 1.91. The van der Waals surface area contributed by atoms with E-state index in [1.165, 1.54) is 19.3 Å². The van der Waals surface area contributed by atoms with Gasteiger partial charge in [0, 0.05) is 29.7 Å². The molecule has 3 N–H and O–H groups in total. The predicted molar refractivity (Wildman–Crippen MR) is 98.8 cm³/mol. The summed E-state index contributed by atoms with van der Waals surface area (Å²) in [5.74, 6) is 1.28. The molecule has 1 heterocycles. The van der Waals surface area contributed by atoms with Crippen molar-refractivity contribution in [1.82, 2.24) is 10.3 Å². The summed E-state index contributed by atoms with van der Waals surface area (Å²) in [7, 11) is 1.64. The van der Waals surface area contributed by atoms with Crippen LogP contribution in [0.25, 0.3) is 10.9 Å². The van der Waals surface area contributed by atoms with Crippen molar-refractivity contribution in [3.8, 4) is 5.75 Å². The highest BCUT2D eigenvalue weighted by molar-refractivity contribution is 5.93. The van der Waals surface area contributed by atoms with Crippen molar-refractivity contribution in [2.75, 3.05) is 13.7 Å². The minimum absolute atomic E-state index is 0.0100. The molecule has 0 radical (unpaired) electrons. The number of carbonyl (C=O) groups excluding carboxylic acids is 1. The van der Waals surface area contributed by atoms with E-state index in [0.717, 1.165) is 35.1 Å². The Labute approximate surface area is 148 Å². The minimum atomic E-state index is 0.0100. The van der Waals surface area contributed by atoms with Crippen LogP contribution in [0.3, 0.4) is 0 Å². The van der Waals surface area contributed by atoms with Gasteiger partial charge in [0.1, 0.15) is 5.75 Å². The van der Waals surface area contributed by atoms with Gasteiger partial charge in [-0.15, -0.1) is 0 Å². The zero-order chi connectivity index (χ0) is 17.6. The van der Waals surface area contributed by atoms with Gasteiger partial charge in [-0.05, 0) is 42.9 Å². The quantitative estimate of drug-likeness (QED) is 0.722. The van der Waals surface area contributed by atoms with Gasteiger partial charge in [-0.1, -0.05) is 25.3 Å². The third kappa shape index (κ3) is 4.15. The van der Waals surface area contributed by atoms with E-state index in [1.807, 2.05) is 24.4 Å². The first kappa shape index (κ1) is 17.8. The summed E-state index contributed by atoms with van der Waals surface area (Å²) in [5, 5.41) is 13.5. The molecule has 0 spiro atoms. The lowest BCUT2D eigenvalue weighted by atomic mass is 9.82. The van der Waals surface area contributed by atoms with Gasteiger partial charge in [0.15, 0.2) is 0 Å². The van der Waals surface area contributed by atoms with Crippen LogP contribution in [-0.2, 0) is 11.2 Å². The van der Waals surface area contributed by atoms with Gasteiger partial charge >= 0.3 is 0 Å². The van der Waals surface area contributed by atoms with Crippen LogP contribution < -0.4 is 10.1 Å². The number of amides is 1. The van der Waals surface area contributed by atoms with Gasteiger partial charge < -0.3 is 20.1 Å². The fraction of sp³-hybridized carbons (Fsp3) is 0.550. The molecule has 0 aliphatic heterocycles. The summed E-state index contributed by atoms with van der Waals surface area (Å²) >= 11 is 0. The van der Waals surface area contributed by atoms with Crippen molar-refractivity contribution in [1.29, 1.82) is 0 Å². The first-order chi connectivity index (χ1) is 12.2. The number of aliphatic hydroxyl groups excluding tert-OH is 1. The molecule has 5 heteroatoms. The molecule has 1 atom stereocenters. The maximum absolute atomic E-state index is 12.6. The summed E-state index contributed by atoms with van der Waals surface area (Å²) in [6.07, 6.45) is 8.85. The average molecular weight is 344 g/mol. The van der Waals surface area contributed by atoms with Crippen molar-refractivity contribution in [2.24, 2.45) is 5.92 Å². The first-order valence-corrected chi connectivity index (χ1v) is 9.26. The maximum Gasteiger partial charge on any atom is 0.224 e. The van der Waals surface area contributed by atoms with E-state index in [2.05, 4.69) is 10.3 Å². The van der Waals surface area contributed by atoms with Crippen molar-refractivity contribution in [2.45, 2.75) is 51.0 Å². The molecule has 1 aliphatic rings. The Morgan fingerprint density at radius 3 is 2.88 bits per heavy atom. The number of rotatable bonds is 7. The van der Waals surface area contributed by atoms with E-state index in [9.17, 15) is 9.90 Å². The Bertz CT molecular complexity index is 704. The lowest BCUT2D eigenvalue weighted by Gasteiger charge is -2.30. The van der Waals surface area contributed by atoms with Gasteiger partial charge in [0.25, 0.3) is 0 Å². The second-order valence-electron chi connectivity index (χ2n) is 6.96. The zero-order valence-corrected chi connectivity index (χ0v) is 14.9. The number of fused-ring (bicyclic) bond motifs is 1. The number of benzene rings is 1. The Balaban J connectivity index is 1.70. The molecule has 0 saturated heterocycles. The van der Waals surface area contributed by atoms with Gasteiger partial charge in [0.05, 0.1) is 13.5 Å². The third-order valence-corrected chi connectivity index (χ3v) is 5.33. The standard InChI is InChI=1S/C20H28N2O3/c1-25-18-9-5-8-17-20(18)15(13-21-17)12-19(24)22-16(10-11-23)14-6-3-2-4-7-14/h5,8-9,13-14,16,21,23H,2-4,6-7,10-12H2,1H3,(H,22,24). The number of hydrogen-bond donors (Lipinski definition) is 3. The SMILES string of the molecule is COc1cccc2[nH]cc(CC(=O)NC(CCO)C3CCCCC3)c12. The van der Waals surface area contributed by atoms with Gasteiger partial charge in [-0.25, -0.2) is 0 Å². The number of nitrogens with one attached hydrogen (secondary N) is 2. The second-order valence-corrected chi connectivity index (χ2v) is 6.96. The van der Waals surface area contributed by atoms with Crippen molar-refractivity contribution in [3.63, 3.8) is 0 Å². The van der Waals surface area contributed by atoms with E-state index < -0.39 is 0 Å². The minimum Gasteiger partial charge on any atom is -0.496 e. The molecule has 136 valence electrons. The largest absolute Gasteiger partial charge is 0.496 e. The van der Waals surface area contributed by atoms with E-state index >= 15 is 0 Å². The molecule has 1 unspecified atom stereocenters. The molecular formula is C20H28N2O3. The molecule has 1 saturated carbocycles. The molecule has 1 amide bonds. The summed E-state index contributed by atoms with van der Waals surface area (Å²) in [6, 6.07) is 5.90. The van der Waals surface area contributed by atoms with E-state index in [0.29, 0.717) is 18.8 Å². The van der Waals surface area contributed by atoms with Gasteiger partial charge in [-0.2, -0.15) is 0 Å². The Morgan fingerprint density at radius 2 is 2.16 bits per heavy atom. The molecule has 3 rings (SSSR count). The number of aliphatic hydroxyl groups is 1. The summed E-state index contributed by atoms with van der Waals surface area (Å²) < 4.78 is 5.44. The van der Waals surface area contributed by atoms with Crippen LogP contribution >= 0.6 is 0 Å². The van der Waals surface area contributed by atoms with Crippen LogP contribution in [0.1, 0.15) is 44.1 Å². The van der Waals surface area contributed by atoms with E-state index in [1.54, 1.807) is 7.11 Å². The number of hydrogen-bond acceptors (Lipinski definition) is 3. The van der Waals surface area contributed by atoms with Crippen LogP contribution in [0.5, 0.6) is 5.75 Å². The average Bonchev–Trinajstić information content (AvgIpc) is 3.05. The molecular weight excluding hydrogens is 316 g/mol. The number of aromatic amines is 1. The Morgan fingerprint density at radius 1 is 1.36 bits per heavy atom. The predicted octanol–water partition coefficient (Wildman–Crippen LogP) is 3.17. The van der Waals surface area contributed by atoms with Crippen LogP contribution in [-0.4, -0.2) is 35.8 Å². The number of aromatic nitrogens is 1. The molecule has 0 bridgehead atoms. The molecule has 1 aromatic carbocycles. The van der Waals surface area contributed by atoms with Crippen LogP contribution in [0.15, 0.2) is 24.4 Å². The first-order valence-electron chi connectivity index (χ1n) is 9.26. The molecule has 1 aromatic heterocycles. The highest BCUT2D eigenvalue weighted by atomic mass is 16.5. The molecule has 1 fully saturated rings. The monoisotopic (exact) mass is 344 g/mol. The van der Waals surface area contributed by atoms with Crippen LogP contribution in [0, 0.1) is 5.92 Å². The molecule has 1 aliphatic carbocycles. The van der Waals surface area contributed by atoms with Gasteiger partial charge in [-0.3, -0.25) is 4.79 Å². The number of methoxy groups -OCH3 is 1. The normalized spacial score (nSPS) is 16.7. The van der Waals surface area contributed by atoms with Gasteiger partial charge in [0.2, 0.25) is 5.91 Å². The lowest BCUT2D eigenvalue weighted by Crippen LogP contribution is -2.42. The van der Waals surface area contributed by atoms with Crippen LogP contribution in [0.2, 0.25) is 0 Å². The highest BCUT2D eigenvalue weighted by Gasteiger charge is 2.25. The third-order valence-electron chi connectivity index (χ3n) is 5.33. The van der Waals surface area contributed by atoms with E-state index in [4.69, 9.17) is 4.74 Å². The zero-order valence-electron chi connectivity index (χ0n) is 14.9. The second kappa shape index (κ2) is 8.39. The van der Waals surface area contributed by atoms with Crippen molar-refractivity contribution < 1.29 is 14.6 Å². The fourth-order valence-corrected chi connectivity index (χ4v) is 4.06. The van der Waals surface area contributed by atoms with E-state index in [-0.39, 0.29) is 18.6 Å². The smallest absolute Gasteiger partial charge is 0.224 e. The summed E-state index contributed by atoms with van der Waals surface area (Å²) in [4.78, 5) is 15.8. The van der Waals surface area contributed by atoms with Crippen molar-refractivity contribution >= 4 is 16.8 Å². The Hall–Kier alpha value is -2.01. The number of ether oxygens (including phenoxy) is 1.